The van der Waals surface area contributed by atoms with E-state index in [9.17, 15) is 4.79 Å². The largest absolute Gasteiger partial charge is 0.493 e. The average molecular weight is 491 g/mol. The molecule has 1 saturated heterocycles. The number of rotatable bonds is 10. The molecule has 2 heterocycles. The minimum atomic E-state index is 0.101. The van der Waals surface area contributed by atoms with E-state index in [1.807, 2.05) is 36.4 Å². The molecule has 2 aromatic carbocycles. The first kappa shape index (κ1) is 24.5. The number of carbonyl (C=O) groups is 1. The standard InChI is InChI=1S/C28H34N4O4/c1-34-14-13-32-11-9-19(10-12-32)17-36-26-16-24-23(15-25(26)35-2)27(30-18-29-24)20-5-7-22(8-6-20)31-28(33)21-3-4-21/h5-8,15-16,18-19,21H,3-4,9-14,17H2,1-2H3,(H,31,33). The van der Waals surface area contributed by atoms with Crippen molar-refractivity contribution < 1.29 is 19.0 Å². The van der Waals surface area contributed by atoms with Crippen molar-refractivity contribution in [3.05, 3.63) is 42.7 Å². The van der Waals surface area contributed by atoms with Crippen LogP contribution < -0.4 is 14.8 Å². The fraction of sp³-hybridized carbons (Fsp3) is 0.464. The number of aromatic nitrogens is 2. The maximum Gasteiger partial charge on any atom is 0.227 e. The van der Waals surface area contributed by atoms with E-state index in [4.69, 9.17) is 14.2 Å². The molecule has 3 aromatic rings. The molecule has 0 bridgehead atoms. The van der Waals surface area contributed by atoms with Crippen LogP contribution in [0.1, 0.15) is 25.7 Å². The Kier molecular flexibility index (Phi) is 7.63. The second kappa shape index (κ2) is 11.2. The van der Waals surface area contributed by atoms with Gasteiger partial charge in [-0.05, 0) is 62.9 Å². The summed E-state index contributed by atoms with van der Waals surface area (Å²) < 4.78 is 17.1. The number of anilines is 1. The van der Waals surface area contributed by atoms with Crippen molar-refractivity contribution >= 4 is 22.5 Å². The Labute approximate surface area is 212 Å². The molecule has 8 heteroatoms. The molecule has 1 amide bonds. The molecule has 2 aliphatic rings. The second-order valence-electron chi connectivity index (χ2n) is 9.67. The summed E-state index contributed by atoms with van der Waals surface area (Å²) in [5, 5.41) is 3.87. The molecule has 1 aliphatic carbocycles. The van der Waals surface area contributed by atoms with Gasteiger partial charge in [0.2, 0.25) is 5.91 Å². The highest BCUT2D eigenvalue weighted by molar-refractivity contribution is 5.96. The van der Waals surface area contributed by atoms with Crippen LogP contribution in [0.2, 0.25) is 0 Å². The van der Waals surface area contributed by atoms with E-state index in [0.717, 1.165) is 79.8 Å². The highest BCUT2D eigenvalue weighted by atomic mass is 16.5. The SMILES string of the molecule is COCCN1CCC(COc2cc3ncnc(-c4ccc(NC(=O)C5CC5)cc4)c3cc2OC)CC1. The first-order valence-electron chi connectivity index (χ1n) is 12.7. The fourth-order valence-electron chi connectivity index (χ4n) is 4.67. The normalized spacial score (nSPS) is 16.7. The number of ether oxygens (including phenoxy) is 3. The summed E-state index contributed by atoms with van der Waals surface area (Å²) in [5.41, 5.74) is 3.36. The van der Waals surface area contributed by atoms with E-state index in [-0.39, 0.29) is 11.8 Å². The molecule has 190 valence electrons. The van der Waals surface area contributed by atoms with Crippen molar-refractivity contribution in [3.63, 3.8) is 0 Å². The molecule has 8 nitrogen and oxygen atoms in total. The van der Waals surface area contributed by atoms with Crippen LogP contribution in [0.5, 0.6) is 11.5 Å². The zero-order valence-electron chi connectivity index (χ0n) is 21.0. The Morgan fingerprint density at radius 1 is 1.03 bits per heavy atom. The van der Waals surface area contributed by atoms with Gasteiger partial charge in [-0.2, -0.15) is 0 Å². The van der Waals surface area contributed by atoms with Crippen molar-refractivity contribution in [2.45, 2.75) is 25.7 Å². The number of piperidine rings is 1. The Balaban J connectivity index is 1.28. The number of methoxy groups -OCH3 is 2. The zero-order chi connectivity index (χ0) is 24.9. The maximum absolute atomic E-state index is 12.0. The number of nitrogens with one attached hydrogen (secondary N) is 1. The topological polar surface area (TPSA) is 85.8 Å². The Morgan fingerprint density at radius 2 is 1.81 bits per heavy atom. The van der Waals surface area contributed by atoms with Crippen LogP contribution in [-0.4, -0.2) is 67.8 Å². The number of hydrogen-bond acceptors (Lipinski definition) is 7. The van der Waals surface area contributed by atoms with Crippen LogP contribution in [0.15, 0.2) is 42.7 Å². The van der Waals surface area contributed by atoms with Gasteiger partial charge in [-0.1, -0.05) is 12.1 Å². The van der Waals surface area contributed by atoms with Crippen molar-refractivity contribution in [2.24, 2.45) is 11.8 Å². The van der Waals surface area contributed by atoms with Crippen LogP contribution in [-0.2, 0) is 9.53 Å². The van der Waals surface area contributed by atoms with Gasteiger partial charge in [-0.25, -0.2) is 9.97 Å². The fourth-order valence-corrected chi connectivity index (χ4v) is 4.67. The number of benzene rings is 2. The third kappa shape index (κ3) is 5.77. The number of likely N-dealkylation sites (tertiary alicyclic amines) is 1. The summed E-state index contributed by atoms with van der Waals surface area (Å²) in [6.45, 7) is 4.58. The summed E-state index contributed by atoms with van der Waals surface area (Å²) in [6, 6.07) is 11.7. The van der Waals surface area contributed by atoms with E-state index in [2.05, 4.69) is 20.2 Å². The Bertz CT molecular complexity index is 1190. The van der Waals surface area contributed by atoms with Gasteiger partial charge in [0, 0.05) is 42.3 Å². The third-order valence-electron chi connectivity index (χ3n) is 7.09. The summed E-state index contributed by atoms with van der Waals surface area (Å²) in [5.74, 6) is 2.17. The van der Waals surface area contributed by atoms with Gasteiger partial charge in [0.15, 0.2) is 11.5 Å². The summed E-state index contributed by atoms with van der Waals surface area (Å²) >= 11 is 0. The summed E-state index contributed by atoms with van der Waals surface area (Å²) in [4.78, 5) is 23.5. The predicted octanol–water partition coefficient (Wildman–Crippen LogP) is 4.39. The van der Waals surface area contributed by atoms with E-state index >= 15 is 0 Å². The van der Waals surface area contributed by atoms with E-state index in [0.29, 0.717) is 24.0 Å². The van der Waals surface area contributed by atoms with Crippen LogP contribution in [0.25, 0.3) is 22.2 Å². The number of nitrogens with zero attached hydrogens (tertiary/aromatic N) is 3. The van der Waals surface area contributed by atoms with Gasteiger partial charge in [0.1, 0.15) is 6.33 Å². The minimum absolute atomic E-state index is 0.101. The molecule has 1 N–H and O–H groups in total. The van der Waals surface area contributed by atoms with Crippen LogP contribution in [0.4, 0.5) is 5.69 Å². The lowest BCUT2D eigenvalue weighted by atomic mass is 9.98. The predicted molar refractivity (Wildman–Crippen MR) is 139 cm³/mol. The van der Waals surface area contributed by atoms with Gasteiger partial charge in [-0.15, -0.1) is 0 Å². The number of carbonyl (C=O) groups excluding carboxylic acids is 1. The average Bonchev–Trinajstić information content (AvgIpc) is 3.77. The van der Waals surface area contributed by atoms with Crippen molar-refractivity contribution in [3.8, 4) is 22.8 Å². The van der Waals surface area contributed by atoms with Gasteiger partial charge in [0.05, 0.1) is 31.5 Å². The molecule has 0 atom stereocenters. The van der Waals surface area contributed by atoms with Crippen molar-refractivity contribution in [1.29, 1.82) is 0 Å². The molecular formula is C28H34N4O4. The lowest BCUT2D eigenvalue weighted by molar-refractivity contribution is -0.117. The van der Waals surface area contributed by atoms with Crippen LogP contribution >= 0.6 is 0 Å². The van der Waals surface area contributed by atoms with Crippen molar-refractivity contribution in [2.75, 3.05) is 52.4 Å². The third-order valence-corrected chi connectivity index (χ3v) is 7.09. The van der Waals surface area contributed by atoms with Gasteiger partial charge in [-0.3, -0.25) is 4.79 Å². The molecule has 5 rings (SSSR count). The molecule has 0 spiro atoms. The monoisotopic (exact) mass is 490 g/mol. The van der Waals surface area contributed by atoms with Crippen LogP contribution in [0.3, 0.4) is 0 Å². The second-order valence-corrected chi connectivity index (χ2v) is 9.67. The summed E-state index contributed by atoms with van der Waals surface area (Å²) in [7, 11) is 3.40. The first-order valence-corrected chi connectivity index (χ1v) is 12.7. The molecule has 0 radical (unpaired) electrons. The minimum Gasteiger partial charge on any atom is -0.493 e. The lowest BCUT2D eigenvalue weighted by Gasteiger charge is -2.31. The van der Waals surface area contributed by atoms with Crippen LogP contribution in [0, 0.1) is 11.8 Å². The highest BCUT2D eigenvalue weighted by Crippen LogP contribution is 2.36. The molecule has 0 unspecified atom stereocenters. The van der Waals surface area contributed by atoms with Gasteiger partial charge < -0.3 is 24.4 Å². The van der Waals surface area contributed by atoms with Gasteiger partial charge >= 0.3 is 0 Å². The molecule has 1 aromatic heterocycles. The van der Waals surface area contributed by atoms with E-state index < -0.39 is 0 Å². The van der Waals surface area contributed by atoms with Gasteiger partial charge in [0.25, 0.3) is 0 Å². The Hall–Kier alpha value is -3.23. The summed E-state index contributed by atoms with van der Waals surface area (Å²) in [6.07, 6.45) is 5.77. The van der Waals surface area contributed by atoms with Crippen molar-refractivity contribution in [1.82, 2.24) is 14.9 Å². The van der Waals surface area contributed by atoms with E-state index in [1.54, 1.807) is 20.5 Å². The highest BCUT2D eigenvalue weighted by Gasteiger charge is 2.29. The van der Waals surface area contributed by atoms with E-state index in [1.165, 1.54) is 0 Å². The zero-order valence-corrected chi connectivity index (χ0v) is 21.0. The quantitative estimate of drug-likeness (QED) is 0.451. The molecule has 36 heavy (non-hydrogen) atoms. The number of amides is 1. The maximum atomic E-state index is 12.0. The first-order chi connectivity index (χ1) is 17.6. The smallest absolute Gasteiger partial charge is 0.227 e. The molecule has 1 aliphatic heterocycles. The molecule has 1 saturated carbocycles. The number of fused-ring (bicyclic) bond motifs is 1. The molecule has 2 fully saturated rings. The number of hydrogen-bond donors (Lipinski definition) is 1. The Morgan fingerprint density at radius 3 is 2.50 bits per heavy atom. The lowest BCUT2D eigenvalue weighted by Crippen LogP contribution is -2.37. The molecular weight excluding hydrogens is 456 g/mol.